The fourth-order valence-electron chi connectivity index (χ4n) is 3.01. The smallest absolute Gasteiger partial charge is 0.283 e. The third kappa shape index (κ3) is 3.53. The number of carbonyl (C=O) groups is 1. The van der Waals surface area contributed by atoms with Gasteiger partial charge in [-0.1, -0.05) is 6.07 Å². The summed E-state index contributed by atoms with van der Waals surface area (Å²) in [5.41, 5.74) is 0.811. The molecule has 2 aliphatic heterocycles. The second-order valence-corrected chi connectivity index (χ2v) is 8.55. The number of thiophene rings is 1. The van der Waals surface area contributed by atoms with Gasteiger partial charge in [0, 0.05) is 16.9 Å². The fourth-order valence-corrected chi connectivity index (χ4v) is 4.72. The van der Waals surface area contributed by atoms with E-state index in [2.05, 4.69) is 10.1 Å². The van der Waals surface area contributed by atoms with Gasteiger partial charge in [-0.3, -0.25) is 10.2 Å². The number of hydrazone groups is 1. The van der Waals surface area contributed by atoms with Gasteiger partial charge in [0.25, 0.3) is 5.91 Å². The zero-order valence-corrected chi connectivity index (χ0v) is 17.0. The number of furan rings is 1. The van der Waals surface area contributed by atoms with E-state index in [-0.39, 0.29) is 17.2 Å². The second-order valence-electron chi connectivity index (χ2n) is 6.48. The Labute approximate surface area is 178 Å². The standard InChI is InChI=1S/C21H13FN4O2S2/c22-13-5-3-12(4-6-13)17-8-7-14(28-17)10-16-19(23)26-21(24-20(16)27)30-18(25-26)11-15-2-1-9-29-15/h1-10,23H,11H2/b16-10-,23-19?. The summed E-state index contributed by atoms with van der Waals surface area (Å²) in [6.07, 6.45) is 2.12. The molecule has 0 spiro atoms. The molecular formula is C21H13FN4O2S2. The molecule has 0 saturated heterocycles. The van der Waals surface area contributed by atoms with Gasteiger partial charge in [-0.05, 0) is 65.7 Å². The molecular weight excluding hydrogens is 423 g/mol. The van der Waals surface area contributed by atoms with Crippen molar-refractivity contribution in [2.24, 2.45) is 10.1 Å². The first kappa shape index (κ1) is 18.7. The Balaban J connectivity index is 1.40. The summed E-state index contributed by atoms with van der Waals surface area (Å²) in [5.74, 6) is 0.0547. The Hall–Kier alpha value is -3.30. The summed E-state index contributed by atoms with van der Waals surface area (Å²) >= 11 is 2.93. The molecule has 0 bridgehead atoms. The van der Waals surface area contributed by atoms with Crippen LogP contribution < -0.4 is 0 Å². The number of rotatable bonds is 4. The van der Waals surface area contributed by atoms with Crippen molar-refractivity contribution in [1.29, 1.82) is 5.41 Å². The molecule has 0 aliphatic carbocycles. The van der Waals surface area contributed by atoms with E-state index in [9.17, 15) is 9.18 Å². The van der Waals surface area contributed by atoms with E-state index >= 15 is 0 Å². The van der Waals surface area contributed by atoms with Crippen molar-refractivity contribution in [2.75, 3.05) is 0 Å². The lowest BCUT2D eigenvalue weighted by Crippen LogP contribution is -2.35. The third-order valence-electron chi connectivity index (χ3n) is 4.44. The van der Waals surface area contributed by atoms with Gasteiger partial charge in [0.15, 0.2) is 5.84 Å². The molecule has 0 fully saturated rings. The predicted octanol–water partition coefficient (Wildman–Crippen LogP) is 5.01. The zero-order chi connectivity index (χ0) is 20.7. The van der Waals surface area contributed by atoms with E-state index in [0.29, 0.717) is 28.7 Å². The molecule has 4 heterocycles. The number of hydrogen-bond donors (Lipinski definition) is 1. The maximum absolute atomic E-state index is 13.1. The van der Waals surface area contributed by atoms with Crippen LogP contribution in [0.1, 0.15) is 10.6 Å². The van der Waals surface area contributed by atoms with Crippen LogP contribution in [0.3, 0.4) is 0 Å². The summed E-state index contributed by atoms with van der Waals surface area (Å²) < 4.78 is 18.9. The maximum Gasteiger partial charge on any atom is 0.283 e. The van der Waals surface area contributed by atoms with Crippen LogP contribution in [-0.4, -0.2) is 27.0 Å². The van der Waals surface area contributed by atoms with Crippen LogP contribution in [-0.2, 0) is 11.2 Å². The van der Waals surface area contributed by atoms with E-state index in [0.717, 1.165) is 9.92 Å². The molecule has 9 heteroatoms. The molecule has 3 aromatic rings. The van der Waals surface area contributed by atoms with E-state index in [1.807, 2.05) is 17.5 Å². The Morgan fingerprint density at radius 2 is 2.00 bits per heavy atom. The highest BCUT2D eigenvalue weighted by atomic mass is 32.2. The van der Waals surface area contributed by atoms with E-state index in [1.165, 1.54) is 35.0 Å². The number of thioether (sulfide) groups is 1. The molecule has 1 aromatic carbocycles. The van der Waals surface area contributed by atoms with Gasteiger partial charge in [-0.25, -0.2) is 4.39 Å². The first-order valence-electron chi connectivity index (χ1n) is 8.94. The average molecular weight is 436 g/mol. The molecule has 0 unspecified atom stereocenters. The summed E-state index contributed by atoms with van der Waals surface area (Å²) in [7, 11) is 0. The van der Waals surface area contributed by atoms with Crippen molar-refractivity contribution in [1.82, 2.24) is 5.01 Å². The van der Waals surface area contributed by atoms with E-state index < -0.39 is 5.91 Å². The van der Waals surface area contributed by atoms with Crippen LogP contribution in [0.2, 0.25) is 0 Å². The SMILES string of the molecule is N=C1/C(=C/c2ccc(-c3ccc(F)cc3)o2)C(=O)N=C2SC(Cc3cccs3)=NN12. The molecule has 1 N–H and O–H groups in total. The Bertz CT molecular complexity index is 1240. The van der Waals surface area contributed by atoms with Crippen molar-refractivity contribution < 1.29 is 13.6 Å². The third-order valence-corrected chi connectivity index (χ3v) is 6.23. The number of hydrogen-bond acceptors (Lipinski definition) is 6. The first-order valence-corrected chi connectivity index (χ1v) is 10.6. The molecule has 2 aromatic heterocycles. The van der Waals surface area contributed by atoms with Gasteiger partial charge in [0.2, 0.25) is 5.17 Å². The van der Waals surface area contributed by atoms with Gasteiger partial charge in [-0.2, -0.15) is 15.1 Å². The van der Waals surface area contributed by atoms with Gasteiger partial charge in [0.05, 0.1) is 5.57 Å². The number of carbonyl (C=O) groups excluding carboxylic acids is 1. The average Bonchev–Trinajstić information content (AvgIpc) is 3.47. The Kier molecular flexibility index (Phi) is 4.68. The van der Waals surface area contributed by atoms with Gasteiger partial charge < -0.3 is 4.42 Å². The number of halogens is 1. The largest absolute Gasteiger partial charge is 0.457 e. The first-order chi connectivity index (χ1) is 14.6. The second kappa shape index (κ2) is 7.51. The number of amidine groups is 2. The number of fused-ring (bicyclic) bond motifs is 1. The van der Waals surface area contributed by atoms with E-state index in [4.69, 9.17) is 9.83 Å². The molecule has 148 valence electrons. The van der Waals surface area contributed by atoms with Crippen molar-refractivity contribution in [3.63, 3.8) is 0 Å². The Morgan fingerprint density at radius 3 is 2.77 bits per heavy atom. The van der Waals surface area contributed by atoms with Crippen LogP contribution >= 0.6 is 23.1 Å². The van der Waals surface area contributed by atoms with Crippen molar-refractivity contribution in [3.8, 4) is 11.3 Å². The molecule has 0 radical (unpaired) electrons. The maximum atomic E-state index is 13.1. The lowest BCUT2D eigenvalue weighted by Gasteiger charge is -2.19. The number of nitrogens with zero attached hydrogens (tertiary/aromatic N) is 3. The highest BCUT2D eigenvalue weighted by Crippen LogP contribution is 2.31. The monoisotopic (exact) mass is 436 g/mol. The van der Waals surface area contributed by atoms with Crippen molar-refractivity contribution in [3.05, 3.63) is 75.9 Å². The summed E-state index contributed by atoms with van der Waals surface area (Å²) in [5, 5.41) is 17.4. The summed E-state index contributed by atoms with van der Waals surface area (Å²) in [6.45, 7) is 0. The molecule has 6 nitrogen and oxygen atoms in total. The van der Waals surface area contributed by atoms with Gasteiger partial charge in [-0.15, -0.1) is 11.3 Å². The van der Waals surface area contributed by atoms with Crippen LogP contribution in [0.5, 0.6) is 0 Å². The fraction of sp³-hybridized carbons (Fsp3) is 0.0476. The summed E-state index contributed by atoms with van der Waals surface area (Å²) in [6, 6.07) is 13.3. The number of nitrogens with one attached hydrogen (secondary N) is 1. The number of aliphatic imine (C=N–C) groups is 1. The van der Waals surface area contributed by atoms with Crippen LogP contribution in [0.25, 0.3) is 17.4 Å². The molecule has 0 saturated carbocycles. The molecule has 1 amide bonds. The normalized spacial score (nSPS) is 17.4. The lowest BCUT2D eigenvalue weighted by molar-refractivity contribution is -0.114. The molecule has 5 rings (SSSR count). The zero-order valence-electron chi connectivity index (χ0n) is 15.3. The van der Waals surface area contributed by atoms with Crippen LogP contribution in [0, 0.1) is 11.2 Å². The molecule has 2 aliphatic rings. The highest BCUT2D eigenvalue weighted by molar-refractivity contribution is 8.27. The lowest BCUT2D eigenvalue weighted by atomic mass is 10.1. The minimum Gasteiger partial charge on any atom is -0.457 e. The minimum absolute atomic E-state index is 0.0431. The minimum atomic E-state index is -0.508. The quantitative estimate of drug-likeness (QED) is 0.583. The van der Waals surface area contributed by atoms with Crippen molar-refractivity contribution >= 4 is 51.1 Å². The van der Waals surface area contributed by atoms with Crippen LogP contribution in [0.15, 0.2) is 74.0 Å². The highest BCUT2D eigenvalue weighted by Gasteiger charge is 2.35. The van der Waals surface area contributed by atoms with Crippen LogP contribution in [0.4, 0.5) is 4.39 Å². The Morgan fingerprint density at radius 1 is 1.17 bits per heavy atom. The summed E-state index contributed by atoms with van der Waals surface area (Å²) in [4.78, 5) is 17.8. The van der Waals surface area contributed by atoms with Gasteiger partial charge in [0.1, 0.15) is 22.4 Å². The molecule has 30 heavy (non-hydrogen) atoms. The van der Waals surface area contributed by atoms with E-state index in [1.54, 1.807) is 35.6 Å². The topological polar surface area (TPSA) is 82.0 Å². The van der Waals surface area contributed by atoms with Gasteiger partial charge >= 0.3 is 0 Å². The van der Waals surface area contributed by atoms with Crippen molar-refractivity contribution in [2.45, 2.75) is 6.42 Å². The number of amides is 1. The predicted molar refractivity (Wildman–Crippen MR) is 117 cm³/mol. The number of benzene rings is 1. The molecule has 0 atom stereocenters.